The van der Waals surface area contributed by atoms with E-state index in [9.17, 15) is 17.6 Å². The van der Waals surface area contributed by atoms with Gasteiger partial charge in [-0.2, -0.15) is 4.39 Å². The number of aryl methyl sites for hydroxylation is 2. The zero-order chi connectivity index (χ0) is 30.0. The number of hydrogen-bond acceptors (Lipinski definition) is 7. The predicted octanol–water partition coefficient (Wildman–Crippen LogP) is 5.53. The van der Waals surface area contributed by atoms with Crippen molar-refractivity contribution in [2.24, 2.45) is 0 Å². The Morgan fingerprint density at radius 3 is 2.48 bits per heavy atom. The monoisotopic (exact) mass is 707 g/mol. The number of halogens is 3. The largest absolute Gasteiger partial charge is 0.497 e. The molecule has 42 heavy (non-hydrogen) atoms. The van der Waals surface area contributed by atoms with Gasteiger partial charge < -0.3 is 13.9 Å². The highest BCUT2D eigenvalue weighted by atomic mass is 127. The Morgan fingerprint density at radius 1 is 0.976 bits per heavy atom. The van der Waals surface area contributed by atoms with E-state index in [-0.39, 0.29) is 35.8 Å². The number of pyridine rings is 1. The summed E-state index contributed by atoms with van der Waals surface area (Å²) >= 11 is 2.19. The molecule has 0 bridgehead atoms. The van der Waals surface area contributed by atoms with Gasteiger partial charge in [-0.3, -0.25) is 4.57 Å². The van der Waals surface area contributed by atoms with Crippen LogP contribution in [0.5, 0.6) is 11.5 Å². The maximum absolute atomic E-state index is 15.7. The van der Waals surface area contributed by atoms with Crippen LogP contribution in [0.1, 0.15) is 11.1 Å². The van der Waals surface area contributed by atoms with Crippen molar-refractivity contribution in [2.45, 2.75) is 24.4 Å². The third kappa shape index (κ3) is 5.83. The number of anilines is 1. The van der Waals surface area contributed by atoms with Crippen molar-refractivity contribution in [1.29, 1.82) is 0 Å². The third-order valence-electron chi connectivity index (χ3n) is 6.62. The van der Waals surface area contributed by atoms with Crippen molar-refractivity contribution in [2.75, 3.05) is 18.5 Å². The maximum Gasteiger partial charge on any atom is 0.419 e. The summed E-state index contributed by atoms with van der Waals surface area (Å²) in [5.41, 5.74) is 1.36. The number of methoxy groups -OCH3 is 2. The summed E-state index contributed by atoms with van der Waals surface area (Å²) in [6.07, 6.45) is 0.470. The normalized spacial score (nSPS) is 11.5. The van der Waals surface area contributed by atoms with E-state index in [4.69, 9.17) is 13.9 Å². The fourth-order valence-electron chi connectivity index (χ4n) is 4.49. The van der Waals surface area contributed by atoms with E-state index in [0.29, 0.717) is 17.7 Å². The van der Waals surface area contributed by atoms with Crippen molar-refractivity contribution >= 4 is 49.5 Å². The van der Waals surface area contributed by atoms with Gasteiger partial charge in [0, 0.05) is 33.9 Å². The fraction of sp³-hybridized carbons (Fsp3) is 0.172. The van der Waals surface area contributed by atoms with Gasteiger partial charge >= 0.3 is 5.76 Å². The topological polar surface area (TPSA) is 104 Å². The van der Waals surface area contributed by atoms with Crippen LogP contribution in [-0.2, 0) is 29.5 Å². The smallest absolute Gasteiger partial charge is 0.419 e. The van der Waals surface area contributed by atoms with Gasteiger partial charge in [-0.15, -0.1) is 0 Å². The minimum absolute atomic E-state index is 0.106. The maximum atomic E-state index is 15.7. The minimum atomic E-state index is -4.73. The van der Waals surface area contributed by atoms with Gasteiger partial charge in [-0.1, -0.05) is 24.3 Å². The van der Waals surface area contributed by atoms with E-state index in [2.05, 4.69) is 27.6 Å². The highest BCUT2D eigenvalue weighted by Crippen LogP contribution is 2.32. The molecule has 0 aliphatic rings. The molecule has 13 heteroatoms. The average Bonchev–Trinajstić information content (AvgIpc) is 3.28. The lowest BCUT2D eigenvalue weighted by Crippen LogP contribution is -2.32. The van der Waals surface area contributed by atoms with E-state index in [1.54, 1.807) is 18.2 Å². The number of benzene rings is 3. The minimum Gasteiger partial charge on any atom is -0.497 e. The van der Waals surface area contributed by atoms with Crippen LogP contribution in [0.15, 0.2) is 86.9 Å². The Kier molecular flexibility index (Phi) is 8.50. The number of nitrogens with zero attached hydrogens (tertiary/aromatic N) is 3. The van der Waals surface area contributed by atoms with Gasteiger partial charge in [0.05, 0.1) is 26.3 Å². The first-order valence-electron chi connectivity index (χ1n) is 12.5. The SMILES string of the molecule is COc1ccc(CN(c2cccc(F)n2)S(=O)(=O)c2cc3oc(=O)n(CCc4ccccc4I)c3cc2F)c(OC)c1. The van der Waals surface area contributed by atoms with Gasteiger partial charge in [-0.05, 0) is 64.9 Å². The molecule has 9 nitrogen and oxygen atoms in total. The van der Waals surface area contributed by atoms with Gasteiger partial charge in [0.2, 0.25) is 5.95 Å². The number of hydrogen-bond donors (Lipinski definition) is 0. The molecule has 0 saturated carbocycles. The summed E-state index contributed by atoms with van der Waals surface area (Å²) in [6.45, 7) is -0.196. The standard InChI is InChI=1S/C29H24F2IN3O6S/c1-39-20-11-10-19(24(14-20)40-2)17-35(28-9-5-8-27(31)33-28)42(37,38)26-16-25-23(15-21(26)30)34(29(36)41-25)13-12-18-6-3-4-7-22(18)32/h3-11,14-16H,12-13,17H2,1-2H3. The highest BCUT2D eigenvalue weighted by Gasteiger charge is 2.32. The Hall–Kier alpha value is -3.98. The van der Waals surface area contributed by atoms with E-state index in [1.807, 2.05) is 24.3 Å². The molecule has 3 aromatic carbocycles. The summed E-state index contributed by atoms with van der Waals surface area (Å²) in [5, 5.41) is 0. The van der Waals surface area contributed by atoms with Crippen LogP contribution in [0.2, 0.25) is 0 Å². The molecule has 0 N–H and O–H groups in total. The van der Waals surface area contributed by atoms with Gasteiger partial charge in [0.25, 0.3) is 10.0 Å². The van der Waals surface area contributed by atoms with Crippen LogP contribution in [0.4, 0.5) is 14.6 Å². The number of rotatable bonds is 10. The first kappa shape index (κ1) is 29.5. The van der Waals surface area contributed by atoms with Gasteiger partial charge in [0.15, 0.2) is 5.58 Å². The lowest BCUT2D eigenvalue weighted by molar-refractivity contribution is 0.391. The molecule has 0 aliphatic carbocycles. The lowest BCUT2D eigenvalue weighted by Gasteiger charge is -2.24. The molecule has 0 aliphatic heterocycles. The van der Waals surface area contributed by atoms with Gasteiger partial charge in [-0.25, -0.2) is 26.9 Å². The Morgan fingerprint density at radius 2 is 1.76 bits per heavy atom. The van der Waals surface area contributed by atoms with Crippen LogP contribution in [0.25, 0.3) is 11.1 Å². The van der Waals surface area contributed by atoms with Crippen LogP contribution < -0.4 is 19.5 Å². The molecule has 0 amide bonds. The van der Waals surface area contributed by atoms with E-state index in [1.165, 1.54) is 30.9 Å². The Balaban J connectivity index is 1.57. The quantitative estimate of drug-likeness (QED) is 0.139. The van der Waals surface area contributed by atoms with Crippen molar-refractivity contribution in [3.8, 4) is 11.5 Å². The molecule has 0 fully saturated rings. The molecule has 5 rings (SSSR count). The second kappa shape index (κ2) is 12.1. The van der Waals surface area contributed by atoms with E-state index >= 15 is 4.39 Å². The summed E-state index contributed by atoms with van der Waals surface area (Å²) < 4.78 is 76.8. The van der Waals surface area contributed by atoms with Crippen LogP contribution in [0.3, 0.4) is 0 Å². The van der Waals surface area contributed by atoms with Crippen molar-refractivity contribution in [3.63, 3.8) is 0 Å². The Bertz CT molecular complexity index is 1940. The Labute approximate surface area is 253 Å². The van der Waals surface area contributed by atoms with Crippen molar-refractivity contribution < 1.29 is 31.1 Å². The molecule has 0 saturated heterocycles. The second-order valence-corrected chi connectivity index (χ2v) is 12.1. The number of sulfonamides is 1. The van der Waals surface area contributed by atoms with Crippen LogP contribution >= 0.6 is 22.6 Å². The van der Waals surface area contributed by atoms with Crippen molar-refractivity contribution in [1.82, 2.24) is 9.55 Å². The lowest BCUT2D eigenvalue weighted by atomic mass is 10.1. The number of fused-ring (bicyclic) bond motifs is 1. The number of aromatic nitrogens is 2. The molecule has 0 spiro atoms. The summed E-state index contributed by atoms with van der Waals surface area (Å²) in [6, 6.07) is 17.9. The fourth-order valence-corrected chi connectivity index (χ4v) is 6.60. The van der Waals surface area contributed by atoms with E-state index in [0.717, 1.165) is 31.6 Å². The molecule has 2 aromatic heterocycles. The first-order valence-corrected chi connectivity index (χ1v) is 15.1. The molecular weight excluding hydrogens is 683 g/mol. The zero-order valence-electron chi connectivity index (χ0n) is 22.4. The molecule has 5 aromatic rings. The van der Waals surface area contributed by atoms with Crippen LogP contribution in [0, 0.1) is 15.3 Å². The molecule has 0 radical (unpaired) electrons. The summed E-state index contributed by atoms with van der Waals surface area (Å²) in [5.74, 6) is -2.33. The van der Waals surface area contributed by atoms with Crippen LogP contribution in [-0.4, -0.2) is 32.2 Å². The second-order valence-electron chi connectivity index (χ2n) is 9.12. The van der Waals surface area contributed by atoms with Crippen molar-refractivity contribution in [3.05, 3.63) is 110 Å². The number of ether oxygens (including phenoxy) is 2. The molecule has 0 unspecified atom stereocenters. The summed E-state index contributed by atoms with van der Waals surface area (Å²) in [4.78, 5) is 15.7. The summed E-state index contributed by atoms with van der Waals surface area (Å²) in [7, 11) is -1.86. The molecule has 2 heterocycles. The molecule has 218 valence electrons. The third-order valence-corrected chi connectivity index (χ3v) is 9.43. The number of oxazole rings is 1. The average molecular weight is 707 g/mol. The molecular formula is C29H24F2IN3O6S. The zero-order valence-corrected chi connectivity index (χ0v) is 25.4. The first-order chi connectivity index (χ1) is 20.1. The molecule has 0 atom stereocenters. The van der Waals surface area contributed by atoms with E-state index < -0.39 is 32.4 Å². The highest BCUT2D eigenvalue weighted by molar-refractivity contribution is 14.1. The van der Waals surface area contributed by atoms with Gasteiger partial charge in [0.1, 0.15) is 28.0 Å². The predicted molar refractivity (Wildman–Crippen MR) is 160 cm³/mol.